The number of anilines is 2. The van der Waals surface area contributed by atoms with Crippen molar-refractivity contribution in [3.63, 3.8) is 0 Å². The Morgan fingerprint density at radius 3 is 2.72 bits per heavy atom. The first-order chi connectivity index (χ1) is 8.51. The quantitative estimate of drug-likeness (QED) is 0.703. The van der Waals surface area contributed by atoms with Crippen LogP contribution in [0.2, 0.25) is 0 Å². The second kappa shape index (κ2) is 6.53. The molecular formula is C11H20N4O2S. The number of hydrogen-bond donors (Lipinski definition) is 3. The normalized spacial score (nSPS) is 12.4. The van der Waals surface area contributed by atoms with Gasteiger partial charge in [-0.2, -0.15) is 11.8 Å². The Morgan fingerprint density at radius 2 is 2.17 bits per heavy atom. The van der Waals surface area contributed by atoms with Gasteiger partial charge < -0.3 is 11.1 Å². The van der Waals surface area contributed by atoms with Crippen molar-refractivity contribution in [2.24, 2.45) is 5.92 Å². The van der Waals surface area contributed by atoms with Gasteiger partial charge in [-0.1, -0.05) is 6.92 Å². The Hall–Kier alpha value is -1.37. The standard InChI is InChI=1S/C11H20N4O2S/c1-4-15-9(12)8(10(16)14-11(15)17)13-5-7(2)6-18-3/h7,13H,4-6,12H2,1-3H3,(H,14,16,17). The fourth-order valence-electron chi connectivity index (χ4n) is 1.69. The molecule has 7 heteroatoms. The van der Waals surface area contributed by atoms with Gasteiger partial charge in [0, 0.05) is 13.1 Å². The van der Waals surface area contributed by atoms with E-state index in [1.165, 1.54) is 4.57 Å². The molecule has 102 valence electrons. The zero-order valence-corrected chi connectivity index (χ0v) is 11.8. The molecule has 6 nitrogen and oxygen atoms in total. The number of rotatable bonds is 6. The monoisotopic (exact) mass is 272 g/mol. The van der Waals surface area contributed by atoms with Crippen LogP contribution in [0.3, 0.4) is 0 Å². The van der Waals surface area contributed by atoms with Crippen molar-refractivity contribution in [2.45, 2.75) is 20.4 Å². The molecule has 18 heavy (non-hydrogen) atoms. The molecule has 0 aliphatic heterocycles. The summed E-state index contributed by atoms with van der Waals surface area (Å²) in [6.45, 7) is 4.96. The van der Waals surface area contributed by atoms with Gasteiger partial charge in [0.25, 0.3) is 5.56 Å². The molecule has 0 spiro atoms. The highest BCUT2D eigenvalue weighted by atomic mass is 32.2. The summed E-state index contributed by atoms with van der Waals surface area (Å²) in [6.07, 6.45) is 2.04. The SMILES string of the molecule is CCn1c(N)c(NCC(C)CSC)c(=O)[nH]c1=O. The maximum Gasteiger partial charge on any atom is 0.330 e. The number of nitrogen functional groups attached to an aromatic ring is 1. The zero-order chi connectivity index (χ0) is 13.7. The molecule has 0 saturated carbocycles. The van der Waals surface area contributed by atoms with Crippen molar-refractivity contribution in [1.82, 2.24) is 9.55 Å². The molecule has 1 atom stereocenters. The molecule has 1 heterocycles. The van der Waals surface area contributed by atoms with E-state index in [2.05, 4.69) is 17.2 Å². The number of aromatic nitrogens is 2. The molecule has 1 aromatic heterocycles. The molecule has 0 aromatic carbocycles. The summed E-state index contributed by atoms with van der Waals surface area (Å²) in [5.74, 6) is 1.61. The minimum Gasteiger partial charge on any atom is -0.383 e. The largest absolute Gasteiger partial charge is 0.383 e. The van der Waals surface area contributed by atoms with E-state index in [-0.39, 0.29) is 11.5 Å². The Labute approximate surface area is 110 Å². The van der Waals surface area contributed by atoms with Gasteiger partial charge in [0.2, 0.25) is 0 Å². The van der Waals surface area contributed by atoms with Gasteiger partial charge in [0.15, 0.2) is 0 Å². The predicted octanol–water partition coefficient (Wildman–Crippen LogP) is 0.550. The molecule has 0 fully saturated rings. The summed E-state index contributed by atoms with van der Waals surface area (Å²) >= 11 is 1.75. The van der Waals surface area contributed by atoms with Crippen LogP contribution in [0.4, 0.5) is 11.5 Å². The number of hydrogen-bond acceptors (Lipinski definition) is 5. The van der Waals surface area contributed by atoms with Crippen molar-refractivity contribution >= 4 is 23.3 Å². The molecule has 1 rings (SSSR count). The third-order valence-electron chi connectivity index (χ3n) is 2.63. The summed E-state index contributed by atoms with van der Waals surface area (Å²) in [7, 11) is 0. The van der Waals surface area contributed by atoms with Gasteiger partial charge in [0.05, 0.1) is 0 Å². The number of nitrogens with zero attached hydrogens (tertiary/aromatic N) is 1. The molecule has 0 saturated heterocycles. The fraction of sp³-hybridized carbons (Fsp3) is 0.636. The summed E-state index contributed by atoms with van der Waals surface area (Å²) < 4.78 is 1.34. The smallest absolute Gasteiger partial charge is 0.330 e. The van der Waals surface area contributed by atoms with Gasteiger partial charge in [-0.15, -0.1) is 0 Å². The topological polar surface area (TPSA) is 92.9 Å². The van der Waals surface area contributed by atoms with Crippen molar-refractivity contribution in [1.29, 1.82) is 0 Å². The van der Waals surface area contributed by atoms with Gasteiger partial charge >= 0.3 is 5.69 Å². The minimum atomic E-state index is -0.470. The highest BCUT2D eigenvalue weighted by Crippen LogP contribution is 2.11. The summed E-state index contributed by atoms with van der Waals surface area (Å²) in [4.78, 5) is 25.4. The number of thioether (sulfide) groups is 1. The van der Waals surface area contributed by atoms with Crippen molar-refractivity contribution in [2.75, 3.05) is 29.6 Å². The molecular weight excluding hydrogens is 252 g/mol. The van der Waals surface area contributed by atoms with Crippen LogP contribution in [0.25, 0.3) is 0 Å². The Balaban J connectivity index is 2.96. The Morgan fingerprint density at radius 1 is 1.50 bits per heavy atom. The first-order valence-electron chi connectivity index (χ1n) is 5.86. The van der Waals surface area contributed by atoms with E-state index in [4.69, 9.17) is 5.73 Å². The van der Waals surface area contributed by atoms with Crippen molar-refractivity contribution in [3.8, 4) is 0 Å². The van der Waals surface area contributed by atoms with Gasteiger partial charge in [-0.3, -0.25) is 14.3 Å². The number of aromatic amines is 1. The molecule has 0 radical (unpaired) electrons. The summed E-state index contributed by atoms with van der Waals surface area (Å²) in [6, 6.07) is 0. The first-order valence-corrected chi connectivity index (χ1v) is 7.26. The average Bonchev–Trinajstić information content (AvgIpc) is 2.29. The zero-order valence-electron chi connectivity index (χ0n) is 10.9. The highest BCUT2D eigenvalue weighted by Gasteiger charge is 2.11. The van der Waals surface area contributed by atoms with Crippen LogP contribution < -0.4 is 22.3 Å². The molecule has 1 unspecified atom stereocenters. The second-order valence-corrected chi connectivity index (χ2v) is 5.12. The van der Waals surface area contributed by atoms with E-state index in [1.807, 2.05) is 6.26 Å². The maximum absolute atomic E-state index is 11.7. The lowest BCUT2D eigenvalue weighted by molar-refractivity contribution is 0.687. The van der Waals surface area contributed by atoms with E-state index in [9.17, 15) is 9.59 Å². The Bertz CT molecular complexity index is 509. The van der Waals surface area contributed by atoms with Gasteiger partial charge in [-0.05, 0) is 24.9 Å². The second-order valence-electron chi connectivity index (χ2n) is 4.21. The van der Waals surface area contributed by atoms with E-state index in [0.29, 0.717) is 19.0 Å². The Kier molecular flexibility index (Phi) is 5.33. The van der Waals surface area contributed by atoms with E-state index >= 15 is 0 Å². The molecule has 0 bridgehead atoms. The minimum absolute atomic E-state index is 0.197. The molecule has 0 aliphatic rings. The van der Waals surface area contributed by atoms with Crippen LogP contribution in [0.5, 0.6) is 0 Å². The first kappa shape index (κ1) is 14.7. The van der Waals surface area contributed by atoms with Crippen LogP contribution in [0.15, 0.2) is 9.59 Å². The van der Waals surface area contributed by atoms with Gasteiger partial charge in [0.1, 0.15) is 11.5 Å². The lowest BCUT2D eigenvalue weighted by Crippen LogP contribution is -2.34. The van der Waals surface area contributed by atoms with Gasteiger partial charge in [-0.25, -0.2) is 4.79 Å². The average molecular weight is 272 g/mol. The van der Waals surface area contributed by atoms with Crippen LogP contribution in [-0.4, -0.2) is 28.1 Å². The summed E-state index contributed by atoms with van der Waals surface area (Å²) in [5.41, 5.74) is 5.18. The number of H-pyrrole nitrogens is 1. The lowest BCUT2D eigenvalue weighted by Gasteiger charge is -2.15. The molecule has 0 amide bonds. The maximum atomic E-state index is 11.7. The lowest BCUT2D eigenvalue weighted by atomic mass is 10.2. The summed E-state index contributed by atoms with van der Waals surface area (Å²) in [5, 5.41) is 3.03. The number of nitrogens with one attached hydrogen (secondary N) is 2. The van der Waals surface area contributed by atoms with Crippen LogP contribution in [0.1, 0.15) is 13.8 Å². The van der Waals surface area contributed by atoms with E-state index in [1.54, 1.807) is 18.7 Å². The fourth-order valence-corrected chi connectivity index (χ4v) is 2.38. The predicted molar refractivity (Wildman–Crippen MR) is 77.4 cm³/mol. The number of nitrogens with two attached hydrogens (primary N) is 1. The third-order valence-corrected chi connectivity index (χ3v) is 3.54. The van der Waals surface area contributed by atoms with E-state index < -0.39 is 11.2 Å². The van der Waals surface area contributed by atoms with E-state index in [0.717, 1.165) is 5.75 Å². The van der Waals surface area contributed by atoms with Crippen molar-refractivity contribution in [3.05, 3.63) is 20.8 Å². The van der Waals surface area contributed by atoms with Crippen LogP contribution in [0, 0.1) is 5.92 Å². The molecule has 0 aliphatic carbocycles. The van der Waals surface area contributed by atoms with Crippen LogP contribution >= 0.6 is 11.8 Å². The highest BCUT2D eigenvalue weighted by molar-refractivity contribution is 7.98. The van der Waals surface area contributed by atoms with Crippen molar-refractivity contribution < 1.29 is 0 Å². The van der Waals surface area contributed by atoms with Crippen LogP contribution in [-0.2, 0) is 6.54 Å². The molecule has 4 N–H and O–H groups in total. The molecule has 1 aromatic rings. The third kappa shape index (κ3) is 3.32.